The van der Waals surface area contributed by atoms with Crippen LogP contribution in [0.5, 0.6) is 5.75 Å². The molecule has 0 saturated carbocycles. The molecule has 108 valence electrons. The van der Waals surface area contributed by atoms with Gasteiger partial charge in [-0.2, -0.15) is 11.8 Å². The van der Waals surface area contributed by atoms with Crippen LogP contribution in [0.15, 0.2) is 28.7 Å². The lowest BCUT2D eigenvalue weighted by molar-refractivity contribution is -0.119. The first kappa shape index (κ1) is 18.6. The second kappa shape index (κ2) is 11.4. The topological polar surface area (TPSA) is 64.4 Å². The Labute approximate surface area is 132 Å². The highest BCUT2D eigenvalue weighted by Gasteiger charge is 1.97. The van der Waals surface area contributed by atoms with E-state index in [4.69, 9.17) is 10.5 Å². The summed E-state index contributed by atoms with van der Waals surface area (Å²) in [6.07, 6.45) is 0. The average Bonchev–Trinajstić information content (AvgIpc) is 2.37. The Bertz CT molecular complexity index is 383. The molecular weight excluding hydrogens is 352 g/mol. The second-order valence-corrected chi connectivity index (χ2v) is 5.61. The summed E-state index contributed by atoms with van der Waals surface area (Å²) < 4.78 is 6.59. The van der Waals surface area contributed by atoms with Crippen molar-refractivity contribution in [2.24, 2.45) is 5.73 Å². The number of amides is 1. The van der Waals surface area contributed by atoms with Gasteiger partial charge in [-0.1, -0.05) is 22.0 Å². The molecule has 0 saturated heterocycles. The lowest BCUT2D eigenvalue weighted by atomic mass is 10.3. The Balaban J connectivity index is 0.00000324. The van der Waals surface area contributed by atoms with Crippen LogP contribution >= 0.6 is 40.1 Å². The number of halogens is 2. The van der Waals surface area contributed by atoms with Crippen molar-refractivity contribution in [1.29, 1.82) is 0 Å². The van der Waals surface area contributed by atoms with E-state index < -0.39 is 0 Å². The lowest BCUT2D eigenvalue weighted by Gasteiger charge is -2.06. The van der Waals surface area contributed by atoms with Crippen molar-refractivity contribution in [1.82, 2.24) is 5.32 Å². The van der Waals surface area contributed by atoms with Crippen molar-refractivity contribution in [2.45, 2.75) is 0 Å². The van der Waals surface area contributed by atoms with Crippen molar-refractivity contribution in [3.63, 3.8) is 0 Å². The predicted molar refractivity (Wildman–Crippen MR) is 86.3 cm³/mol. The zero-order valence-electron chi connectivity index (χ0n) is 10.4. The average molecular weight is 370 g/mol. The number of thioether (sulfide) groups is 1. The van der Waals surface area contributed by atoms with Gasteiger partial charge in [-0.3, -0.25) is 4.79 Å². The number of ether oxygens (including phenoxy) is 1. The molecule has 1 amide bonds. The third kappa shape index (κ3) is 9.15. The van der Waals surface area contributed by atoms with Crippen molar-refractivity contribution < 1.29 is 9.53 Å². The molecule has 0 spiro atoms. The molecule has 0 aliphatic heterocycles. The van der Waals surface area contributed by atoms with Crippen LogP contribution in [0.2, 0.25) is 0 Å². The molecule has 0 bridgehead atoms. The zero-order chi connectivity index (χ0) is 13.2. The van der Waals surface area contributed by atoms with Crippen LogP contribution in [0, 0.1) is 0 Å². The molecule has 3 N–H and O–H groups in total. The molecule has 0 aliphatic rings. The fourth-order valence-corrected chi connectivity index (χ4v) is 2.24. The van der Waals surface area contributed by atoms with Crippen LogP contribution in [0.1, 0.15) is 0 Å². The molecule has 1 aromatic rings. The summed E-state index contributed by atoms with van der Waals surface area (Å²) in [5.41, 5.74) is 5.17. The maximum Gasteiger partial charge on any atom is 0.233 e. The van der Waals surface area contributed by atoms with E-state index in [0.29, 0.717) is 13.2 Å². The minimum atomic E-state index is -0.110. The van der Waals surface area contributed by atoms with E-state index in [1.807, 2.05) is 24.3 Å². The van der Waals surface area contributed by atoms with Gasteiger partial charge in [0.1, 0.15) is 5.75 Å². The summed E-state index contributed by atoms with van der Waals surface area (Å²) in [5.74, 6) is 2.51. The molecule has 0 radical (unpaired) electrons. The molecule has 0 aromatic heterocycles. The number of carbonyl (C=O) groups is 1. The Morgan fingerprint density at radius 1 is 1.42 bits per heavy atom. The molecule has 1 rings (SSSR count). The lowest BCUT2D eigenvalue weighted by Crippen LogP contribution is -2.31. The SMILES string of the molecule is Cl.NCC(=O)NCCSCCOc1cccc(Br)c1. The van der Waals surface area contributed by atoms with Crippen molar-refractivity contribution in [3.8, 4) is 5.75 Å². The minimum Gasteiger partial charge on any atom is -0.493 e. The normalized spacial score (nSPS) is 9.58. The molecule has 0 atom stereocenters. The third-order valence-electron chi connectivity index (χ3n) is 2.05. The Hall–Kier alpha value is -0.430. The van der Waals surface area contributed by atoms with Crippen LogP contribution in [-0.4, -0.2) is 37.1 Å². The van der Waals surface area contributed by atoms with Gasteiger partial charge >= 0.3 is 0 Å². The van der Waals surface area contributed by atoms with E-state index in [9.17, 15) is 4.79 Å². The Kier molecular flexibility index (Phi) is 11.1. The molecule has 0 fully saturated rings. The molecule has 7 heteroatoms. The smallest absolute Gasteiger partial charge is 0.233 e. The van der Waals surface area contributed by atoms with Gasteiger partial charge in [0.15, 0.2) is 0 Å². The second-order valence-electron chi connectivity index (χ2n) is 3.47. The fraction of sp³-hybridized carbons (Fsp3) is 0.417. The summed E-state index contributed by atoms with van der Waals surface area (Å²) in [5, 5.41) is 2.72. The molecule has 0 heterocycles. The molecule has 4 nitrogen and oxygen atoms in total. The highest BCUT2D eigenvalue weighted by atomic mass is 79.9. The van der Waals surface area contributed by atoms with Gasteiger partial charge in [0, 0.05) is 22.5 Å². The first-order valence-electron chi connectivity index (χ1n) is 5.65. The third-order valence-corrected chi connectivity index (χ3v) is 3.49. The standard InChI is InChI=1S/C12H17BrN2O2S.ClH/c13-10-2-1-3-11(8-10)17-5-7-18-6-4-15-12(16)9-14;/h1-3,8H,4-7,9,14H2,(H,15,16);1H. The van der Waals surface area contributed by atoms with Crippen LogP contribution < -0.4 is 15.8 Å². The largest absolute Gasteiger partial charge is 0.493 e. The molecule has 0 unspecified atom stereocenters. The summed E-state index contributed by atoms with van der Waals surface area (Å²) in [6, 6.07) is 7.76. The van der Waals surface area contributed by atoms with E-state index in [0.717, 1.165) is 21.7 Å². The van der Waals surface area contributed by atoms with E-state index in [2.05, 4.69) is 21.2 Å². The van der Waals surface area contributed by atoms with Gasteiger partial charge in [0.25, 0.3) is 0 Å². The summed E-state index contributed by atoms with van der Waals surface area (Å²) >= 11 is 5.13. The molecule has 1 aromatic carbocycles. The van der Waals surface area contributed by atoms with E-state index >= 15 is 0 Å². The van der Waals surface area contributed by atoms with Crippen LogP contribution in [0.3, 0.4) is 0 Å². The van der Waals surface area contributed by atoms with Crippen molar-refractivity contribution in [3.05, 3.63) is 28.7 Å². The number of nitrogens with two attached hydrogens (primary N) is 1. The van der Waals surface area contributed by atoms with Gasteiger partial charge in [-0.05, 0) is 18.2 Å². The van der Waals surface area contributed by atoms with E-state index in [1.54, 1.807) is 11.8 Å². The Morgan fingerprint density at radius 3 is 2.89 bits per heavy atom. The first-order valence-corrected chi connectivity index (χ1v) is 7.60. The van der Waals surface area contributed by atoms with Gasteiger partial charge in [0.2, 0.25) is 5.91 Å². The number of rotatable bonds is 8. The highest BCUT2D eigenvalue weighted by Crippen LogP contribution is 2.17. The molecule has 0 aliphatic carbocycles. The number of carbonyl (C=O) groups excluding carboxylic acids is 1. The van der Waals surface area contributed by atoms with Gasteiger partial charge in [-0.15, -0.1) is 12.4 Å². The van der Waals surface area contributed by atoms with E-state index in [-0.39, 0.29) is 24.9 Å². The summed E-state index contributed by atoms with van der Waals surface area (Å²) in [6.45, 7) is 1.36. The number of benzene rings is 1. The number of hydrogen-bond donors (Lipinski definition) is 2. The monoisotopic (exact) mass is 368 g/mol. The van der Waals surface area contributed by atoms with Gasteiger partial charge in [-0.25, -0.2) is 0 Å². The summed E-state index contributed by atoms with van der Waals surface area (Å²) in [4.78, 5) is 10.8. The highest BCUT2D eigenvalue weighted by molar-refractivity contribution is 9.10. The number of nitrogens with one attached hydrogen (secondary N) is 1. The maximum atomic E-state index is 10.8. The van der Waals surface area contributed by atoms with Crippen molar-refractivity contribution in [2.75, 3.05) is 31.2 Å². The van der Waals surface area contributed by atoms with Gasteiger partial charge in [0.05, 0.1) is 13.2 Å². The van der Waals surface area contributed by atoms with Crippen LogP contribution in [0.25, 0.3) is 0 Å². The quantitative estimate of drug-likeness (QED) is 0.689. The summed E-state index contributed by atoms with van der Waals surface area (Å²) in [7, 11) is 0. The van der Waals surface area contributed by atoms with Crippen molar-refractivity contribution >= 4 is 46.0 Å². The predicted octanol–water partition coefficient (Wildman–Crippen LogP) is 2.06. The molecular formula is C12H18BrClN2O2S. The van der Waals surface area contributed by atoms with Gasteiger partial charge < -0.3 is 15.8 Å². The fourth-order valence-electron chi connectivity index (χ4n) is 1.21. The maximum absolute atomic E-state index is 10.8. The Morgan fingerprint density at radius 2 is 2.21 bits per heavy atom. The number of hydrogen-bond acceptors (Lipinski definition) is 4. The van der Waals surface area contributed by atoms with Crippen LogP contribution in [-0.2, 0) is 4.79 Å². The van der Waals surface area contributed by atoms with Crippen LogP contribution in [0.4, 0.5) is 0 Å². The zero-order valence-corrected chi connectivity index (χ0v) is 13.7. The first-order chi connectivity index (χ1) is 8.72. The minimum absolute atomic E-state index is 0. The molecule has 19 heavy (non-hydrogen) atoms. The van der Waals surface area contributed by atoms with E-state index in [1.165, 1.54) is 0 Å².